The number of hydrogen-bond acceptors (Lipinski definition) is 3. The van der Waals surface area contributed by atoms with Crippen molar-refractivity contribution in [3.8, 4) is 0 Å². The van der Waals surface area contributed by atoms with Crippen LogP contribution in [-0.2, 0) is 10.2 Å². The van der Waals surface area contributed by atoms with Gasteiger partial charge in [0.2, 0.25) is 0 Å². The maximum atomic E-state index is 12.5. The van der Waals surface area contributed by atoms with E-state index in [9.17, 15) is 8.42 Å². The Morgan fingerprint density at radius 3 is 2.65 bits per heavy atom. The number of rotatable bonds is 5. The summed E-state index contributed by atoms with van der Waals surface area (Å²) in [5.41, 5.74) is 0.610. The normalized spacial score (nSPS) is 20.8. The number of hydrogen-bond donors (Lipinski definition) is 2. The molecule has 0 saturated carbocycles. The van der Waals surface area contributed by atoms with Crippen molar-refractivity contribution >= 4 is 38.5 Å². The number of piperidine rings is 1. The zero-order chi connectivity index (χ0) is 14.6. The van der Waals surface area contributed by atoms with Crippen LogP contribution in [0.1, 0.15) is 19.3 Å². The third-order valence-electron chi connectivity index (χ3n) is 3.41. The Balaban J connectivity index is 2.13. The highest BCUT2D eigenvalue weighted by Gasteiger charge is 2.31. The minimum absolute atomic E-state index is 0.0371. The number of anilines is 1. The fourth-order valence-corrected chi connectivity index (χ4v) is 4.31. The van der Waals surface area contributed by atoms with Crippen molar-refractivity contribution in [1.82, 2.24) is 9.62 Å². The fourth-order valence-electron chi connectivity index (χ4n) is 2.46. The smallest absolute Gasteiger partial charge is 0.301 e. The van der Waals surface area contributed by atoms with E-state index in [1.54, 1.807) is 16.4 Å². The second-order valence-electron chi connectivity index (χ2n) is 4.93. The van der Waals surface area contributed by atoms with Crippen LogP contribution in [0.3, 0.4) is 0 Å². The lowest BCUT2D eigenvalue weighted by atomic mass is 10.1. The van der Waals surface area contributed by atoms with E-state index < -0.39 is 10.2 Å². The van der Waals surface area contributed by atoms with Gasteiger partial charge in [-0.05, 0) is 66.7 Å². The number of halogens is 1. The number of benzene rings is 1. The summed E-state index contributed by atoms with van der Waals surface area (Å²) in [6, 6.07) is 7.39. The highest BCUT2D eigenvalue weighted by atomic mass is 127. The Kier molecular flexibility index (Phi) is 5.65. The molecule has 1 saturated heterocycles. The highest BCUT2D eigenvalue weighted by Crippen LogP contribution is 2.22. The molecular formula is C13H20IN3O2S. The molecule has 1 aliphatic rings. The van der Waals surface area contributed by atoms with Gasteiger partial charge >= 0.3 is 10.2 Å². The number of likely N-dealkylation sites (N-methyl/N-ethyl adjacent to an activating group) is 1. The van der Waals surface area contributed by atoms with Crippen LogP contribution in [0.4, 0.5) is 5.69 Å². The van der Waals surface area contributed by atoms with Crippen LogP contribution in [0, 0.1) is 3.57 Å². The Morgan fingerprint density at radius 1 is 1.30 bits per heavy atom. The lowest BCUT2D eigenvalue weighted by Crippen LogP contribution is -2.49. The molecular weight excluding hydrogens is 389 g/mol. The maximum Gasteiger partial charge on any atom is 0.301 e. The Morgan fingerprint density at radius 2 is 2.00 bits per heavy atom. The van der Waals surface area contributed by atoms with E-state index >= 15 is 0 Å². The van der Waals surface area contributed by atoms with Crippen LogP contribution in [0.15, 0.2) is 24.3 Å². The van der Waals surface area contributed by atoms with E-state index in [4.69, 9.17) is 0 Å². The number of nitrogens with one attached hydrogen (secondary N) is 2. The predicted molar refractivity (Wildman–Crippen MR) is 90.0 cm³/mol. The predicted octanol–water partition coefficient (Wildman–Crippen LogP) is 2.02. The van der Waals surface area contributed by atoms with Crippen molar-refractivity contribution in [3.05, 3.63) is 27.8 Å². The summed E-state index contributed by atoms with van der Waals surface area (Å²) < 4.78 is 30.4. The summed E-state index contributed by atoms with van der Waals surface area (Å²) in [6.45, 7) is 1.28. The molecule has 0 spiro atoms. The van der Waals surface area contributed by atoms with Gasteiger partial charge in [-0.15, -0.1) is 0 Å². The Hall–Kier alpha value is -0.380. The lowest BCUT2D eigenvalue weighted by molar-refractivity contribution is 0.250. The van der Waals surface area contributed by atoms with Gasteiger partial charge in [-0.25, -0.2) is 0 Å². The molecule has 2 rings (SSSR count). The first-order valence-electron chi connectivity index (χ1n) is 6.72. The van der Waals surface area contributed by atoms with Gasteiger partial charge in [0, 0.05) is 28.4 Å². The molecule has 0 amide bonds. The summed E-state index contributed by atoms with van der Waals surface area (Å²) in [5.74, 6) is 0. The van der Waals surface area contributed by atoms with Crippen molar-refractivity contribution < 1.29 is 8.42 Å². The summed E-state index contributed by atoms with van der Waals surface area (Å²) in [5, 5.41) is 3.08. The fraction of sp³-hybridized carbons (Fsp3) is 0.538. The van der Waals surface area contributed by atoms with Crippen molar-refractivity contribution in [2.45, 2.75) is 25.3 Å². The van der Waals surface area contributed by atoms with Crippen LogP contribution >= 0.6 is 22.6 Å². The molecule has 1 atom stereocenters. The molecule has 1 heterocycles. The first kappa shape index (κ1) is 16.0. The minimum Gasteiger partial charge on any atom is -0.318 e. The Labute approximate surface area is 134 Å². The molecule has 1 unspecified atom stereocenters. The van der Waals surface area contributed by atoms with Crippen LogP contribution in [0.25, 0.3) is 0 Å². The number of nitrogens with zero attached hydrogens (tertiary/aromatic N) is 1. The van der Waals surface area contributed by atoms with E-state index in [1.165, 1.54) is 0 Å². The molecule has 7 heteroatoms. The van der Waals surface area contributed by atoms with Gasteiger partial charge < -0.3 is 5.32 Å². The standard InChI is InChI=1S/C13H20IN3O2S/c1-15-10-13-4-2-3-9-17(13)20(18,19)16-12-7-5-11(14)6-8-12/h5-8,13,15-16H,2-4,9-10H2,1H3. The van der Waals surface area contributed by atoms with Crippen molar-refractivity contribution in [2.75, 3.05) is 24.9 Å². The van der Waals surface area contributed by atoms with Gasteiger partial charge in [0.1, 0.15) is 0 Å². The van der Waals surface area contributed by atoms with E-state index in [2.05, 4.69) is 32.6 Å². The molecule has 0 aliphatic carbocycles. The second kappa shape index (κ2) is 7.06. The average Bonchev–Trinajstić information content (AvgIpc) is 2.42. The average molecular weight is 409 g/mol. The summed E-state index contributed by atoms with van der Waals surface area (Å²) in [7, 11) is -1.63. The van der Waals surface area contributed by atoms with Crippen molar-refractivity contribution in [2.24, 2.45) is 0 Å². The second-order valence-corrected chi connectivity index (χ2v) is 7.80. The van der Waals surface area contributed by atoms with E-state index in [1.807, 2.05) is 19.2 Å². The molecule has 0 aromatic heterocycles. The van der Waals surface area contributed by atoms with Crippen molar-refractivity contribution in [1.29, 1.82) is 0 Å². The molecule has 5 nitrogen and oxygen atoms in total. The third-order valence-corrected chi connectivity index (χ3v) is 5.72. The van der Waals surface area contributed by atoms with E-state index in [-0.39, 0.29) is 6.04 Å². The SMILES string of the molecule is CNCC1CCCCN1S(=O)(=O)Nc1ccc(I)cc1. The van der Waals surface area contributed by atoms with Crippen LogP contribution in [-0.4, -0.2) is 38.9 Å². The first-order chi connectivity index (χ1) is 9.53. The zero-order valence-electron chi connectivity index (χ0n) is 11.5. The summed E-state index contributed by atoms with van der Waals surface area (Å²) in [6.07, 6.45) is 2.92. The van der Waals surface area contributed by atoms with Crippen LogP contribution in [0.5, 0.6) is 0 Å². The van der Waals surface area contributed by atoms with Gasteiger partial charge in [-0.2, -0.15) is 12.7 Å². The van der Waals surface area contributed by atoms with E-state index in [0.717, 1.165) is 22.8 Å². The zero-order valence-corrected chi connectivity index (χ0v) is 14.4. The highest BCUT2D eigenvalue weighted by molar-refractivity contribution is 14.1. The largest absolute Gasteiger partial charge is 0.318 e. The molecule has 1 aromatic rings. The van der Waals surface area contributed by atoms with Gasteiger partial charge in [0.25, 0.3) is 0 Å². The van der Waals surface area contributed by atoms with Gasteiger partial charge in [0.05, 0.1) is 0 Å². The van der Waals surface area contributed by atoms with Crippen LogP contribution < -0.4 is 10.0 Å². The lowest BCUT2D eigenvalue weighted by Gasteiger charge is -2.34. The minimum atomic E-state index is -3.48. The van der Waals surface area contributed by atoms with Crippen molar-refractivity contribution in [3.63, 3.8) is 0 Å². The molecule has 1 aliphatic heterocycles. The topological polar surface area (TPSA) is 61.4 Å². The molecule has 20 heavy (non-hydrogen) atoms. The molecule has 0 radical (unpaired) electrons. The first-order valence-corrected chi connectivity index (χ1v) is 9.24. The third kappa shape index (κ3) is 4.06. The van der Waals surface area contributed by atoms with Crippen LogP contribution in [0.2, 0.25) is 0 Å². The van der Waals surface area contributed by atoms with Gasteiger partial charge in [-0.1, -0.05) is 6.42 Å². The quantitative estimate of drug-likeness (QED) is 0.732. The summed E-state index contributed by atoms with van der Waals surface area (Å²) >= 11 is 2.20. The molecule has 1 fully saturated rings. The monoisotopic (exact) mass is 409 g/mol. The molecule has 1 aromatic carbocycles. The summed E-state index contributed by atoms with van der Waals surface area (Å²) in [4.78, 5) is 0. The maximum absolute atomic E-state index is 12.5. The van der Waals surface area contributed by atoms with Gasteiger partial charge in [-0.3, -0.25) is 4.72 Å². The molecule has 112 valence electrons. The van der Waals surface area contributed by atoms with Gasteiger partial charge in [0.15, 0.2) is 0 Å². The molecule has 2 N–H and O–H groups in total. The Bertz CT molecular complexity index is 531. The van der Waals surface area contributed by atoms with E-state index in [0.29, 0.717) is 18.8 Å². The molecule has 0 bridgehead atoms.